The van der Waals surface area contributed by atoms with Crippen molar-refractivity contribution in [2.75, 3.05) is 6.54 Å². The number of aliphatic hydroxyl groups is 1. The summed E-state index contributed by atoms with van der Waals surface area (Å²) in [7, 11) is 0. The number of oxazole rings is 1. The van der Waals surface area contributed by atoms with Gasteiger partial charge in [-0.25, -0.2) is 23.7 Å². The summed E-state index contributed by atoms with van der Waals surface area (Å²) in [6.45, 7) is 2.95. The Balaban J connectivity index is 1.62. The van der Waals surface area contributed by atoms with E-state index in [1.54, 1.807) is 6.33 Å². The predicted molar refractivity (Wildman–Crippen MR) is 111 cm³/mol. The van der Waals surface area contributed by atoms with Gasteiger partial charge in [0.15, 0.2) is 5.69 Å². The van der Waals surface area contributed by atoms with Gasteiger partial charge in [-0.1, -0.05) is 12.1 Å². The molecular formula is C21H19F2N5O3S. The summed E-state index contributed by atoms with van der Waals surface area (Å²) in [6, 6.07) is 6.90. The van der Waals surface area contributed by atoms with Crippen LogP contribution in [-0.2, 0) is 12.0 Å². The van der Waals surface area contributed by atoms with Crippen molar-refractivity contribution in [3.63, 3.8) is 0 Å². The van der Waals surface area contributed by atoms with Gasteiger partial charge in [-0.2, -0.15) is 0 Å². The Morgan fingerprint density at radius 2 is 2.12 bits per heavy atom. The molecule has 0 spiro atoms. The molecule has 1 aromatic carbocycles. The fourth-order valence-corrected chi connectivity index (χ4v) is 4.86. The second-order valence-electron chi connectivity index (χ2n) is 8.03. The number of halogens is 2. The number of carbonyl (C=O) groups is 1. The summed E-state index contributed by atoms with van der Waals surface area (Å²) in [5, 5.41) is 10.8. The zero-order chi connectivity index (χ0) is 22.6. The average molecular weight is 459 g/mol. The highest BCUT2D eigenvalue weighted by atomic mass is 32.1. The van der Waals surface area contributed by atoms with Gasteiger partial charge >= 0.3 is 0 Å². The summed E-state index contributed by atoms with van der Waals surface area (Å²) in [5.41, 5.74) is -0.152. The molecular weight excluding hydrogens is 440 g/mol. The van der Waals surface area contributed by atoms with E-state index in [-0.39, 0.29) is 12.4 Å². The van der Waals surface area contributed by atoms with E-state index in [4.69, 9.17) is 4.42 Å². The van der Waals surface area contributed by atoms with Crippen LogP contribution in [0.3, 0.4) is 0 Å². The molecule has 11 heteroatoms. The highest BCUT2D eigenvalue weighted by Gasteiger charge is 2.41. The van der Waals surface area contributed by atoms with E-state index < -0.39 is 35.4 Å². The molecule has 0 aliphatic carbocycles. The van der Waals surface area contributed by atoms with Crippen LogP contribution in [0.2, 0.25) is 0 Å². The predicted octanol–water partition coefficient (Wildman–Crippen LogP) is 3.96. The zero-order valence-corrected chi connectivity index (χ0v) is 18.0. The number of aromatic nitrogens is 4. The smallest absolute Gasteiger partial charge is 0.292 e. The van der Waals surface area contributed by atoms with Crippen molar-refractivity contribution in [2.24, 2.45) is 0 Å². The third-order valence-corrected chi connectivity index (χ3v) is 6.40. The lowest BCUT2D eigenvalue weighted by Crippen LogP contribution is -2.41. The number of amides is 1. The molecule has 1 amide bonds. The number of rotatable bonds is 4. The van der Waals surface area contributed by atoms with E-state index in [0.717, 1.165) is 15.9 Å². The Bertz CT molecular complexity index is 1270. The van der Waals surface area contributed by atoms with Crippen molar-refractivity contribution in [1.29, 1.82) is 0 Å². The number of aromatic amines is 1. The molecule has 4 heterocycles. The molecule has 2 N–H and O–H groups in total. The maximum Gasteiger partial charge on any atom is 0.292 e. The largest absolute Gasteiger partial charge is 0.432 e. The van der Waals surface area contributed by atoms with Crippen LogP contribution < -0.4 is 0 Å². The van der Waals surface area contributed by atoms with Crippen molar-refractivity contribution in [3.8, 4) is 0 Å². The van der Waals surface area contributed by atoms with Gasteiger partial charge < -0.3 is 19.4 Å². The number of imidazole rings is 1. The standard InChI is InChI=1S/C21H19F2N5O3S/c1-21(2,30)20-27-14(17(22)23)16(31-20)19(29)28-8-7-11-13(25-9-24-11)15(28)18-26-10-5-3-4-6-12(10)32-18/h3-6,9,15,17,30H,7-8H2,1-2H3,(H,24,25)/t15-/m0/s1. The van der Waals surface area contributed by atoms with Gasteiger partial charge in [0.1, 0.15) is 16.7 Å². The van der Waals surface area contributed by atoms with Crippen LogP contribution in [0.25, 0.3) is 10.2 Å². The van der Waals surface area contributed by atoms with Crippen LogP contribution >= 0.6 is 11.3 Å². The molecule has 0 saturated heterocycles. The normalized spacial score (nSPS) is 16.7. The Morgan fingerprint density at radius 1 is 1.34 bits per heavy atom. The fourth-order valence-electron chi connectivity index (χ4n) is 3.78. The molecule has 1 atom stereocenters. The summed E-state index contributed by atoms with van der Waals surface area (Å²) < 4.78 is 33.7. The molecule has 3 aromatic heterocycles. The number of hydrogen-bond donors (Lipinski definition) is 2. The van der Waals surface area contributed by atoms with Gasteiger partial charge in [0, 0.05) is 18.7 Å². The lowest BCUT2D eigenvalue weighted by Gasteiger charge is -2.33. The van der Waals surface area contributed by atoms with E-state index in [1.165, 1.54) is 30.1 Å². The van der Waals surface area contributed by atoms with Crippen molar-refractivity contribution in [3.05, 3.63) is 64.3 Å². The molecule has 8 nitrogen and oxygen atoms in total. The van der Waals surface area contributed by atoms with E-state index in [9.17, 15) is 18.7 Å². The molecule has 32 heavy (non-hydrogen) atoms. The van der Waals surface area contributed by atoms with Gasteiger partial charge in [-0.3, -0.25) is 4.79 Å². The first-order valence-corrected chi connectivity index (χ1v) is 10.8. The number of para-hydroxylation sites is 1. The van der Waals surface area contributed by atoms with Gasteiger partial charge in [-0.05, 0) is 26.0 Å². The first-order chi connectivity index (χ1) is 15.2. The molecule has 0 unspecified atom stereocenters. The van der Waals surface area contributed by atoms with Crippen LogP contribution in [0.5, 0.6) is 0 Å². The average Bonchev–Trinajstić information content (AvgIpc) is 3.49. The maximum absolute atomic E-state index is 13.7. The van der Waals surface area contributed by atoms with Crippen molar-refractivity contribution in [2.45, 2.75) is 38.3 Å². The number of H-pyrrole nitrogens is 1. The number of carbonyl (C=O) groups excluding carboxylic acids is 1. The first kappa shape index (κ1) is 20.7. The number of thiazole rings is 1. The number of alkyl halides is 2. The topological polar surface area (TPSA) is 108 Å². The molecule has 1 aliphatic rings. The van der Waals surface area contributed by atoms with Gasteiger partial charge in [0.05, 0.1) is 22.2 Å². The van der Waals surface area contributed by atoms with Crippen LogP contribution in [-0.4, -0.2) is 42.4 Å². The first-order valence-electron chi connectivity index (χ1n) is 9.94. The van der Waals surface area contributed by atoms with E-state index in [2.05, 4.69) is 19.9 Å². The zero-order valence-electron chi connectivity index (χ0n) is 17.2. The minimum Gasteiger partial charge on any atom is -0.432 e. The Morgan fingerprint density at radius 3 is 2.84 bits per heavy atom. The SMILES string of the molecule is CC(C)(O)c1nc(C(F)F)c(C(=O)N2CCc3[nH]cnc3[C@H]2c2nc3ccccc3s2)o1. The fraction of sp³-hybridized carbons (Fsp3) is 0.333. The van der Waals surface area contributed by atoms with Crippen LogP contribution in [0.4, 0.5) is 8.78 Å². The summed E-state index contributed by atoms with van der Waals surface area (Å²) in [6.07, 6.45) is -1.02. The number of nitrogens with one attached hydrogen (secondary N) is 1. The highest BCUT2D eigenvalue weighted by Crippen LogP contribution is 2.39. The van der Waals surface area contributed by atoms with Crippen molar-refractivity contribution >= 4 is 27.5 Å². The molecule has 0 saturated carbocycles. The van der Waals surface area contributed by atoms with E-state index in [1.807, 2.05) is 24.3 Å². The van der Waals surface area contributed by atoms with Gasteiger partial charge in [0.25, 0.3) is 12.3 Å². The van der Waals surface area contributed by atoms with Gasteiger partial charge in [0.2, 0.25) is 11.7 Å². The van der Waals surface area contributed by atoms with Crippen LogP contribution in [0, 0.1) is 0 Å². The van der Waals surface area contributed by atoms with Crippen LogP contribution in [0.1, 0.15) is 64.8 Å². The van der Waals surface area contributed by atoms with Crippen molar-refractivity contribution < 1.29 is 23.1 Å². The summed E-state index contributed by atoms with van der Waals surface area (Å²) in [5.74, 6) is -1.67. The molecule has 4 aromatic rings. The van der Waals surface area contributed by atoms with Gasteiger partial charge in [-0.15, -0.1) is 11.3 Å². The Labute approximate surface area is 184 Å². The minimum atomic E-state index is -3.04. The molecule has 166 valence electrons. The second-order valence-corrected chi connectivity index (χ2v) is 9.09. The quantitative estimate of drug-likeness (QED) is 0.478. The number of fused-ring (bicyclic) bond motifs is 2. The van der Waals surface area contributed by atoms with Crippen molar-refractivity contribution in [1.82, 2.24) is 24.8 Å². The maximum atomic E-state index is 13.7. The second kappa shape index (κ2) is 7.45. The Hall–Kier alpha value is -3.18. The lowest BCUT2D eigenvalue weighted by atomic mass is 10.0. The molecule has 5 rings (SSSR count). The summed E-state index contributed by atoms with van der Waals surface area (Å²) >= 11 is 1.41. The molecule has 0 radical (unpaired) electrons. The third-order valence-electron chi connectivity index (χ3n) is 5.31. The number of nitrogens with zero attached hydrogens (tertiary/aromatic N) is 4. The summed E-state index contributed by atoms with van der Waals surface area (Å²) in [4.78, 5) is 30.8. The number of hydrogen-bond acceptors (Lipinski definition) is 7. The lowest BCUT2D eigenvalue weighted by molar-refractivity contribution is 0.0441. The third kappa shape index (κ3) is 3.37. The molecule has 0 fully saturated rings. The molecule has 0 bridgehead atoms. The Kier molecular flexibility index (Phi) is 4.82. The monoisotopic (exact) mass is 459 g/mol. The highest BCUT2D eigenvalue weighted by molar-refractivity contribution is 7.18. The number of benzene rings is 1. The minimum absolute atomic E-state index is 0.246. The van der Waals surface area contributed by atoms with Crippen LogP contribution in [0.15, 0.2) is 35.0 Å². The molecule has 1 aliphatic heterocycles. The van der Waals surface area contributed by atoms with E-state index >= 15 is 0 Å². The van der Waals surface area contributed by atoms with E-state index in [0.29, 0.717) is 17.1 Å².